The third kappa shape index (κ3) is 6.00. The van der Waals surface area contributed by atoms with Crippen LogP contribution in [0, 0.1) is 0 Å². The minimum atomic E-state index is 0. The highest BCUT2D eigenvalue weighted by Gasteiger charge is 2.00. The van der Waals surface area contributed by atoms with Gasteiger partial charge in [-0.25, -0.2) is 4.99 Å². The van der Waals surface area contributed by atoms with Crippen LogP contribution < -0.4 is 10.6 Å². The Labute approximate surface area is 148 Å². The van der Waals surface area contributed by atoms with E-state index >= 15 is 0 Å². The Hall–Kier alpha value is -1.64. The Morgan fingerprint density at radius 3 is 2.77 bits per heavy atom. The Morgan fingerprint density at radius 2 is 2.14 bits per heavy atom. The molecule has 7 heteroatoms. The lowest BCUT2D eigenvalue weighted by Crippen LogP contribution is -2.38. The number of aromatic nitrogens is 3. The molecule has 2 aromatic heterocycles. The van der Waals surface area contributed by atoms with Gasteiger partial charge in [0, 0.05) is 38.7 Å². The number of hydrogen-bond acceptors (Lipinski definition) is 3. The number of pyridine rings is 1. The largest absolute Gasteiger partial charge is 0.357 e. The van der Waals surface area contributed by atoms with Gasteiger partial charge in [0.05, 0.1) is 12.2 Å². The highest BCUT2D eigenvalue weighted by atomic mass is 127. The summed E-state index contributed by atoms with van der Waals surface area (Å²) < 4.78 is 1.84. The maximum atomic E-state index is 4.57. The molecular formula is C15H23IN6. The van der Waals surface area contributed by atoms with Crippen LogP contribution in [0.15, 0.2) is 41.8 Å². The number of nitrogens with one attached hydrogen (secondary N) is 2. The molecule has 0 fully saturated rings. The number of halogens is 1. The van der Waals surface area contributed by atoms with E-state index in [1.54, 1.807) is 12.4 Å². The van der Waals surface area contributed by atoms with E-state index in [2.05, 4.69) is 38.7 Å². The molecule has 0 aliphatic carbocycles. The minimum Gasteiger partial charge on any atom is -0.357 e. The number of rotatable bonds is 6. The van der Waals surface area contributed by atoms with Crippen LogP contribution in [0.5, 0.6) is 0 Å². The Morgan fingerprint density at radius 1 is 1.27 bits per heavy atom. The van der Waals surface area contributed by atoms with Crippen LogP contribution in [0.1, 0.15) is 18.2 Å². The van der Waals surface area contributed by atoms with Crippen molar-refractivity contribution in [2.75, 3.05) is 13.1 Å². The quantitative estimate of drug-likeness (QED) is 0.429. The molecule has 0 atom stereocenters. The fraction of sp³-hybridized carbons (Fsp3) is 0.400. The van der Waals surface area contributed by atoms with Crippen LogP contribution in [0.4, 0.5) is 0 Å². The van der Waals surface area contributed by atoms with E-state index in [9.17, 15) is 0 Å². The van der Waals surface area contributed by atoms with Gasteiger partial charge in [0.2, 0.25) is 0 Å². The number of guanidine groups is 1. The molecule has 6 nitrogen and oxygen atoms in total. The topological polar surface area (TPSA) is 67.1 Å². The Kier molecular flexibility index (Phi) is 8.49. The Balaban J connectivity index is 0.00000242. The third-order valence-electron chi connectivity index (χ3n) is 3.09. The third-order valence-corrected chi connectivity index (χ3v) is 3.09. The van der Waals surface area contributed by atoms with Gasteiger partial charge in [-0.1, -0.05) is 6.07 Å². The van der Waals surface area contributed by atoms with Crippen molar-refractivity contribution in [3.8, 4) is 0 Å². The van der Waals surface area contributed by atoms with Crippen LogP contribution in [-0.4, -0.2) is 33.8 Å². The second kappa shape index (κ2) is 10.1. The average molecular weight is 414 g/mol. The van der Waals surface area contributed by atoms with E-state index in [-0.39, 0.29) is 24.0 Å². The van der Waals surface area contributed by atoms with Crippen LogP contribution in [0.2, 0.25) is 0 Å². The average Bonchev–Trinajstić information content (AvgIpc) is 2.91. The SMILES string of the molecule is CCNC(=NCc1ccnn1C)NCCc1cccnc1.I. The number of aliphatic imine (C=N–C) groups is 1. The maximum Gasteiger partial charge on any atom is 0.191 e. The molecule has 2 N–H and O–H groups in total. The first-order valence-corrected chi connectivity index (χ1v) is 7.17. The zero-order valence-electron chi connectivity index (χ0n) is 13.0. The summed E-state index contributed by atoms with van der Waals surface area (Å²) in [6.45, 7) is 4.33. The molecule has 22 heavy (non-hydrogen) atoms. The van der Waals surface area contributed by atoms with Crippen molar-refractivity contribution < 1.29 is 0 Å². The van der Waals surface area contributed by atoms with Crippen LogP contribution in [-0.2, 0) is 20.0 Å². The van der Waals surface area contributed by atoms with Crippen LogP contribution in [0.25, 0.3) is 0 Å². The Bertz CT molecular complexity index is 566. The maximum absolute atomic E-state index is 4.57. The predicted octanol–water partition coefficient (Wildman–Crippen LogP) is 1.73. The van der Waals surface area contributed by atoms with E-state index in [4.69, 9.17) is 0 Å². The molecule has 0 aromatic carbocycles. The van der Waals surface area contributed by atoms with E-state index in [1.807, 2.05) is 30.1 Å². The molecule has 0 bridgehead atoms. The smallest absolute Gasteiger partial charge is 0.191 e. The van der Waals surface area contributed by atoms with Crippen molar-refractivity contribution in [3.63, 3.8) is 0 Å². The van der Waals surface area contributed by atoms with Gasteiger partial charge in [0.1, 0.15) is 0 Å². The van der Waals surface area contributed by atoms with Crippen LogP contribution in [0.3, 0.4) is 0 Å². The lowest BCUT2D eigenvalue weighted by atomic mass is 10.2. The van der Waals surface area contributed by atoms with E-state index in [0.29, 0.717) is 6.54 Å². The summed E-state index contributed by atoms with van der Waals surface area (Å²) in [5.41, 5.74) is 2.30. The van der Waals surface area contributed by atoms with E-state index in [1.165, 1.54) is 5.56 Å². The first-order valence-electron chi connectivity index (χ1n) is 7.17. The summed E-state index contributed by atoms with van der Waals surface area (Å²) in [6, 6.07) is 6.01. The van der Waals surface area contributed by atoms with Crippen molar-refractivity contribution in [1.29, 1.82) is 0 Å². The molecular weight excluding hydrogens is 391 g/mol. The van der Waals surface area contributed by atoms with Crippen molar-refractivity contribution >= 4 is 29.9 Å². The fourth-order valence-corrected chi connectivity index (χ4v) is 1.93. The number of aryl methyl sites for hydroxylation is 1. The van der Waals surface area contributed by atoms with Gasteiger partial charge >= 0.3 is 0 Å². The van der Waals surface area contributed by atoms with Gasteiger partial charge in [-0.15, -0.1) is 24.0 Å². The summed E-state index contributed by atoms with van der Waals surface area (Å²) in [6.07, 6.45) is 6.38. The van der Waals surface area contributed by atoms with E-state index < -0.39 is 0 Å². The van der Waals surface area contributed by atoms with E-state index in [0.717, 1.165) is 31.2 Å². The van der Waals surface area contributed by atoms with Gasteiger partial charge in [-0.3, -0.25) is 9.67 Å². The highest BCUT2D eigenvalue weighted by Crippen LogP contribution is 1.98. The summed E-state index contributed by atoms with van der Waals surface area (Å²) in [4.78, 5) is 8.68. The van der Waals surface area contributed by atoms with Gasteiger partial charge in [0.15, 0.2) is 5.96 Å². The zero-order chi connectivity index (χ0) is 14.9. The summed E-state index contributed by atoms with van der Waals surface area (Å²) in [5.74, 6) is 0.822. The van der Waals surface area contributed by atoms with Gasteiger partial charge < -0.3 is 10.6 Å². The first-order chi connectivity index (χ1) is 10.3. The first kappa shape index (κ1) is 18.4. The molecule has 0 aliphatic rings. The van der Waals surface area contributed by atoms with Crippen molar-refractivity contribution in [2.45, 2.75) is 19.9 Å². The van der Waals surface area contributed by atoms with Crippen molar-refractivity contribution in [1.82, 2.24) is 25.4 Å². The minimum absolute atomic E-state index is 0. The number of hydrogen-bond donors (Lipinski definition) is 2. The molecule has 0 spiro atoms. The molecule has 0 saturated heterocycles. The lowest BCUT2D eigenvalue weighted by molar-refractivity contribution is 0.707. The molecule has 0 amide bonds. The molecule has 2 heterocycles. The fourth-order valence-electron chi connectivity index (χ4n) is 1.93. The second-order valence-corrected chi connectivity index (χ2v) is 4.68. The summed E-state index contributed by atoms with van der Waals surface area (Å²) in [5, 5.41) is 10.7. The predicted molar refractivity (Wildman–Crippen MR) is 99.4 cm³/mol. The molecule has 0 saturated carbocycles. The molecule has 2 aromatic rings. The summed E-state index contributed by atoms with van der Waals surface area (Å²) >= 11 is 0. The van der Waals surface area contributed by atoms with Gasteiger partial charge in [-0.2, -0.15) is 5.10 Å². The molecule has 120 valence electrons. The van der Waals surface area contributed by atoms with Crippen molar-refractivity contribution in [3.05, 3.63) is 48.0 Å². The monoisotopic (exact) mass is 414 g/mol. The normalized spacial score (nSPS) is 10.9. The van der Waals surface area contributed by atoms with Crippen LogP contribution >= 0.6 is 24.0 Å². The molecule has 0 aliphatic heterocycles. The number of nitrogens with zero attached hydrogens (tertiary/aromatic N) is 4. The van der Waals surface area contributed by atoms with Crippen molar-refractivity contribution in [2.24, 2.45) is 12.0 Å². The van der Waals surface area contributed by atoms with Gasteiger partial charge in [-0.05, 0) is 31.0 Å². The molecule has 0 unspecified atom stereocenters. The second-order valence-electron chi connectivity index (χ2n) is 4.68. The highest BCUT2D eigenvalue weighted by molar-refractivity contribution is 14.0. The summed E-state index contributed by atoms with van der Waals surface area (Å²) in [7, 11) is 1.92. The lowest BCUT2D eigenvalue weighted by Gasteiger charge is -2.11. The molecule has 0 radical (unpaired) electrons. The van der Waals surface area contributed by atoms with Gasteiger partial charge in [0.25, 0.3) is 0 Å². The molecule has 2 rings (SSSR count). The zero-order valence-corrected chi connectivity index (χ0v) is 15.3. The standard InChI is InChI=1S/C15H22N6.HI/c1-3-17-15(19-12-14-7-10-20-21(14)2)18-9-6-13-5-4-8-16-11-13;/h4-5,7-8,10-11H,3,6,9,12H2,1-2H3,(H2,17,18,19);1H.